The molecule has 0 amide bonds. The molecule has 198 valence electrons. The van der Waals surface area contributed by atoms with E-state index < -0.39 is 60.4 Å². The molecule has 4 aliphatic rings. The van der Waals surface area contributed by atoms with Gasteiger partial charge in [0.15, 0.2) is 12.1 Å². The third-order valence-corrected chi connectivity index (χ3v) is 9.44. The first-order chi connectivity index (χ1) is 16.3. The van der Waals surface area contributed by atoms with Crippen molar-refractivity contribution in [2.45, 2.75) is 95.8 Å². The van der Waals surface area contributed by atoms with E-state index in [4.69, 9.17) is 9.47 Å². The van der Waals surface area contributed by atoms with Gasteiger partial charge in [-0.15, -0.1) is 6.58 Å². The second kappa shape index (κ2) is 9.29. The van der Waals surface area contributed by atoms with E-state index in [-0.39, 0.29) is 30.1 Å². The molecule has 1 heterocycles. The van der Waals surface area contributed by atoms with Crippen molar-refractivity contribution in [2.75, 3.05) is 13.2 Å². The van der Waals surface area contributed by atoms with E-state index in [0.29, 0.717) is 19.3 Å². The molecule has 1 saturated carbocycles. The van der Waals surface area contributed by atoms with Gasteiger partial charge in [-0.25, -0.2) is 0 Å². The first-order valence-electron chi connectivity index (χ1n) is 12.5. The van der Waals surface area contributed by atoms with Crippen LogP contribution in [0.25, 0.3) is 0 Å². The third kappa shape index (κ3) is 4.24. The topological polar surface area (TPSA) is 157 Å². The summed E-state index contributed by atoms with van der Waals surface area (Å²) in [6, 6.07) is 0. The van der Waals surface area contributed by atoms with Crippen molar-refractivity contribution < 1.29 is 44.9 Å². The number of fused-ring (bicyclic) bond motifs is 2. The van der Waals surface area contributed by atoms with Crippen LogP contribution in [-0.4, -0.2) is 92.5 Å². The lowest BCUT2D eigenvalue weighted by Gasteiger charge is -2.60. The Kier molecular flexibility index (Phi) is 7.14. The number of aliphatic hydroxyl groups excluding tert-OH is 6. The maximum atomic E-state index is 13.4. The van der Waals surface area contributed by atoms with Crippen molar-refractivity contribution in [3.8, 4) is 0 Å². The number of hydrogen-bond donors (Lipinski definition) is 6. The Balaban J connectivity index is 1.63. The molecule has 2 fully saturated rings. The Morgan fingerprint density at radius 2 is 1.80 bits per heavy atom. The predicted octanol–water partition coefficient (Wildman–Crippen LogP) is 0.203. The summed E-state index contributed by atoms with van der Waals surface area (Å²) in [7, 11) is 0. The van der Waals surface area contributed by atoms with Crippen LogP contribution >= 0.6 is 0 Å². The molecule has 11 atom stereocenters. The highest BCUT2D eigenvalue weighted by Gasteiger charge is 2.61. The number of rotatable bonds is 5. The summed E-state index contributed by atoms with van der Waals surface area (Å²) in [6.07, 6.45) is -4.79. The van der Waals surface area contributed by atoms with Gasteiger partial charge in [0.25, 0.3) is 0 Å². The van der Waals surface area contributed by atoms with Crippen LogP contribution in [0.4, 0.5) is 0 Å². The summed E-state index contributed by atoms with van der Waals surface area (Å²) in [5, 5.41) is 62.1. The molecular weight excluding hydrogens is 456 g/mol. The second-order valence-electron chi connectivity index (χ2n) is 11.8. The average molecular weight is 497 g/mol. The fourth-order valence-corrected chi connectivity index (χ4v) is 7.05. The zero-order chi connectivity index (χ0) is 25.9. The standard InChI is InChI=1S/C26H40O9/c1-5-24(2)7-6-14-13(9-24)15(28)8-18-25(14,3)10-16(29)22(33)26(18,4)12-34-23-21(32)20(31)19(30)17(11-27)35-23/h5,16-23,27,29-33H,1,6-12H2,2-4H3/t16-,17-,18-,19-,20-,21+,22+,23-,24+,25-,26-/m1/s1. The van der Waals surface area contributed by atoms with Crippen LogP contribution < -0.4 is 0 Å². The van der Waals surface area contributed by atoms with E-state index in [1.165, 1.54) is 0 Å². The van der Waals surface area contributed by atoms with Crippen molar-refractivity contribution in [3.63, 3.8) is 0 Å². The lowest BCUT2D eigenvalue weighted by Crippen LogP contribution is -2.63. The fourth-order valence-electron chi connectivity index (χ4n) is 7.05. The van der Waals surface area contributed by atoms with E-state index in [9.17, 15) is 35.4 Å². The summed E-state index contributed by atoms with van der Waals surface area (Å²) >= 11 is 0. The molecule has 0 aromatic carbocycles. The van der Waals surface area contributed by atoms with Crippen molar-refractivity contribution in [2.24, 2.45) is 22.2 Å². The monoisotopic (exact) mass is 496 g/mol. The molecule has 4 rings (SSSR count). The average Bonchev–Trinajstić information content (AvgIpc) is 2.83. The van der Waals surface area contributed by atoms with Crippen LogP contribution in [0.15, 0.2) is 23.8 Å². The molecule has 0 aromatic rings. The highest BCUT2D eigenvalue weighted by Crippen LogP contribution is 2.62. The predicted molar refractivity (Wildman–Crippen MR) is 125 cm³/mol. The van der Waals surface area contributed by atoms with E-state index in [2.05, 4.69) is 20.4 Å². The Hall–Kier alpha value is -1.17. The Bertz CT molecular complexity index is 886. The number of carbonyl (C=O) groups excluding carboxylic acids is 1. The Morgan fingerprint density at radius 3 is 2.43 bits per heavy atom. The maximum Gasteiger partial charge on any atom is 0.186 e. The number of allylic oxidation sites excluding steroid dienone is 3. The van der Waals surface area contributed by atoms with Gasteiger partial charge in [0.2, 0.25) is 0 Å². The first-order valence-corrected chi connectivity index (χ1v) is 12.5. The van der Waals surface area contributed by atoms with Gasteiger partial charge < -0.3 is 40.1 Å². The number of Topliss-reactive ketones (excluding diaryl/α,β-unsaturated/α-hetero) is 1. The van der Waals surface area contributed by atoms with Crippen LogP contribution in [0.1, 0.15) is 52.9 Å². The SMILES string of the molecule is C=C[C@@]1(C)CCC2=C(C1)C(=O)C[C@H]1[C@@](C)(CO[C@@H]3O[C@H](CO)[C@@H](O)[C@@H](O)[C@@H]3O)[C@@H](O)[C@H](O)C[C@]21C. The molecule has 6 N–H and O–H groups in total. The molecule has 1 aliphatic heterocycles. The van der Waals surface area contributed by atoms with Gasteiger partial charge in [-0.3, -0.25) is 4.79 Å². The lowest BCUT2D eigenvalue weighted by molar-refractivity contribution is -0.314. The van der Waals surface area contributed by atoms with Gasteiger partial charge in [-0.2, -0.15) is 0 Å². The molecule has 1 saturated heterocycles. The number of aliphatic hydroxyl groups is 6. The summed E-state index contributed by atoms with van der Waals surface area (Å²) in [5.41, 5.74) is 0.109. The lowest BCUT2D eigenvalue weighted by atomic mass is 9.46. The highest BCUT2D eigenvalue weighted by atomic mass is 16.7. The molecule has 0 radical (unpaired) electrons. The van der Waals surface area contributed by atoms with Crippen molar-refractivity contribution in [1.82, 2.24) is 0 Å². The molecular formula is C26H40O9. The minimum absolute atomic E-state index is 0.0397. The quantitative estimate of drug-likeness (QED) is 0.293. The van der Waals surface area contributed by atoms with Crippen LogP contribution in [0.2, 0.25) is 0 Å². The normalized spacial score (nSPS) is 50.5. The first kappa shape index (κ1) is 26.9. The van der Waals surface area contributed by atoms with Crippen molar-refractivity contribution >= 4 is 5.78 Å². The number of ketones is 1. The van der Waals surface area contributed by atoms with E-state index >= 15 is 0 Å². The molecule has 0 spiro atoms. The molecule has 35 heavy (non-hydrogen) atoms. The highest BCUT2D eigenvalue weighted by molar-refractivity contribution is 5.98. The zero-order valence-corrected chi connectivity index (χ0v) is 20.8. The summed E-state index contributed by atoms with van der Waals surface area (Å²) < 4.78 is 11.3. The zero-order valence-electron chi connectivity index (χ0n) is 20.8. The molecule has 9 heteroatoms. The third-order valence-electron chi connectivity index (χ3n) is 9.44. The van der Waals surface area contributed by atoms with Crippen LogP contribution in [-0.2, 0) is 14.3 Å². The van der Waals surface area contributed by atoms with Gasteiger partial charge >= 0.3 is 0 Å². The molecule has 0 unspecified atom stereocenters. The second-order valence-corrected chi connectivity index (χ2v) is 11.8. The smallest absolute Gasteiger partial charge is 0.186 e. The summed E-state index contributed by atoms with van der Waals surface area (Å²) in [6.45, 7) is 9.12. The Labute approximate surface area is 206 Å². The van der Waals surface area contributed by atoms with E-state index in [0.717, 1.165) is 17.6 Å². The van der Waals surface area contributed by atoms with Crippen LogP contribution in [0, 0.1) is 22.2 Å². The van der Waals surface area contributed by atoms with Crippen LogP contribution in [0.3, 0.4) is 0 Å². The minimum atomic E-state index is -1.59. The molecule has 0 aromatic heterocycles. The minimum Gasteiger partial charge on any atom is -0.394 e. The number of ether oxygens (including phenoxy) is 2. The van der Waals surface area contributed by atoms with E-state index in [1.807, 2.05) is 6.08 Å². The van der Waals surface area contributed by atoms with Gasteiger partial charge in [0, 0.05) is 11.8 Å². The molecule has 3 aliphatic carbocycles. The summed E-state index contributed by atoms with van der Waals surface area (Å²) in [5.74, 6) is -0.296. The van der Waals surface area contributed by atoms with E-state index in [1.54, 1.807) is 6.92 Å². The Morgan fingerprint density at radius 1 is 1.11 bits per heavy atom. The number of hydrogen-bond acceptors (Lipinski definition) is 9. The van der Waals surface area contributed by atoms with Gasteiger partial charge in [-0.1, -0.05) is 32.4 Å². The number of carbonyl (C=O) groups is 1. The largest absolute Gasteiger partial charge is 0.394 e. The fraction of sp³-hybridized carbons (Fsp3) is 0.808. The van der Waals surface area contributed by atoms with Crippen molar-refractivity contribution in [1.29, 1.82) is 0 Å². The van der Waals surface area contributed by atoms with Crippen LogP contribution in [0.5, 0.6) is 0 Å². The van der Waals surface area contributed by atoms with Gasteiger partial charge in [0.1, 0.15) is 24.4 Å². The van der Waals surface area contributed by atoms with Crippen molar-refractivity contribution in [3.05, 3.63) is 23.8 Å². The van der Waals surface area contributed by atoms with Gasteiger partial charge in [0.05, 0.1) is 25.4 Å². The van der Waals surface area contributed by atoms with Gasteiger partial charge in [-0.05, 0) is 48.0 Å². The molecule has 0 bridgehead atoms. The summed E-state index contributed by atoms with van der Waals surface area (Å²) in [4.78, 5) is 13.4. The molecule has 9 nitrogen and oxygen atoms in total. The maximum absolute atomic E-state index is 13.4.